The van der Waals surface area contributed by atoms with Crippen LogP contribution in [0.15, 0.2) is 42.6 Å². The Morgan fingerprint density at radius 2 is 2.00 bits per heavy atom. The number of hydrogen-bond donors (Lipinski definition) is 0. The second kappa shape index (κ2) is 6.47. The molecule has 1 amide bonds. The number of likely N-dealkylation sites (tertiary alicyclic amines) is 1. The molecule has 2 aliphatic rings. The minimum absolute atomic E-state index is 0.0225. The number of fused-ring (bicyclic) bond motifs is 1. The number of rotatable bonds is 3. The second-order valence-electron chi connectivity index (χ2n) is 6.96. The number of aromatic nitrogens is 1. The Kier molecular flexibility index (Phi) is 4.15. The lowest BCUT2D eigenvalue weighted by Gasteiger charge is -2.22. The number of benzene rings is 1. The maximum Gasteiger partial charge on any atom is 0.253 e. The average Bonchev–Trinajstić information content (AvgIpc) is 3.19. The lowest BCUT2D eigenvalue weighted by Crippen LogP contribution is -2.32. The van der Waals surface area contributed by atoms with Gasteiger partial charge in [0.2, 0.25) is 0 Å². The van der Waals surface area contributed by atoms with Gasteiger partial charge in [-0.1, -0.05) is 0 Å². The van der Waals surface area contributed by atoms with E-state index >= 15 is 0 Å². The van der Waals surface area contributed by atoms with Crippen LogP contribution in [0.4, 0.5) is 4.39 Å². The molecule has 4 nitrogen and oxygen atoms in total. The Hall–Kier alpha value is -2.43. The van der Waals surface area contributed by atoms with Gasteiger partial charge in [0.05, 0.1) is 5.69 Å². The average molecular weight is 340 g/mol. The summed E-state index contributed by atoms with van der Waals surface area (Å²) in [4.78, 5) is 18.8. The molecule has 0 N–H and O–H groups in total. The van der Waals surface area contributed by atoms with Crippen LogP contribution in [0, 0.1) is 24.6 Å². The summed E-state index contributed by atoms with van der Waals surface area (Å²) in [5.74, 6) is 1.31. The lowest BCUT2D eigenvalue weighted by atomic mass is 9.99. The van der Waals surface area contributed by atoms with Gasteiger partial charge in [0.25, 0.3) is 5.91 Å². The van der Waals surface area contributed by atoms with E-state index in [1.54, 1.807) is 18.3 Å². The number of aryl methyl sites for hydroxylation is 1. The normalized spacial score (nSPS) is 25.0. The molecule has 0 bridgehead atoms. The van der Waals surface area contributed by atoms with Crippen LogP contribution in [0.5, 0.6) is 5.75 Å². The van der Waals surface area contributed by atoms with Crippen LogP contribution in [0.25, 0.3) is 0 Å². The summed E-state index contributed by atoms with van der Waals surface area (Å²) < 4.78 is 19.3. The maximum absolute atomic E-state index is 13.1. The number of pyridine rings is 1. The van der Waals surface area contributed by atoms with Crippen molar-refractivity contribution in [2.45, 2.75) is 25.9 Å². The van der Waals surface area contributed by atoms with Crippen molar-refractivity contribution in [1.29, 1.82) is 0 Å². The molecule has 1 saturated carbocycles. The Morgan fingerprint density at radius 3 is 2.76 bits per heavy atom. The van der Waals surface area contributed by atoms with Crippen molar-refractivity contribution < 1.29 is 13.9 Å². The molecule has 1 saturated heterocycles. The predicted octanol–water partition coefficient (Wildman–Crippen LogP) is 3.46. The topological polar surface area (TPSA) is 42.4 Å². The van der Waals surface area contributed by atoms with E-state index < -0.39 is 0 Å². The zero-order valence-electron chi connectivity index (χ0n) is 14.2. The smallest absolute Gasteiger partial charge is 0.253 e. The molecule has 0 unspecified atom stereocenters. The third kappa shape index (κ3) is 3.11. The van der Waals surface area contributed by atoms with Crippen LogP contribution in [0.1, 0.15) is 28.9 Å². The first kappa shape index (κ1) is 16.1. The zero-order chi connectivity index (χ0) is 17.4. The van der Waals surface area contributed by atoms with Gasteiger partial charge in [-0.3, -0.25) is 9.78 Å². The summed E-state index contributed by atoms with van der Waals surface area (Å²) in [6.07, 6.45) is 3.97. The number of amides is 1. The highest BCUT2D eigenvalue weighted by molar-refractivity contribution is 5.94. The first-order valence-corrected chi connectivity index (χ1v) is 8.75. The third-order valence-electron chi connectivity index (χ3n) is 5.41. The summed E-state index contributed by atoms with van der Waals surface area (Å²) in [5.41, 5.74) is 1.44. The van der Waals surface area contributed by atoms with Crippen molar-refractivity contribution in [3.8, 4) is 5.75 Å². The van der Waals surface area contributed by atoms with Gasteiger partial charge in [0.15, 0.2) is 0 Å². The fraction of sp³-hybridized carbons (Fsp3) is 0.400. The van der Waals surface area contributed by atoms with Gasteiger partial charge in [0, 0.05) is 30.8 Å². The van der Waals surface area contributed by atoms with E-state index in [-0.39, 0.29) is 17.8 Å². The van der Waals surface area contributed by atoms with E-state index in [4.69, 9.17) is 4.74 Å². The molecule has 1 aliphatic heterocycles. The minimum atomic E-state index is -0.324. The van der Waals surface area contributed by atoms with Gasteiger partial charge in [-0.15, -0.1) is 0 Å². The highest BCUT2D eigenvalue weighted by Gasteiger charge is 2.45. The van der Waals surface area contributed by atoms with Crippen LogP contribution in [0.3, 0.4) is 0 Å². The molecule has 2 heterocycles. The van der Waals surface area contributed by atoms with Gasteiger partial charge < -0.3 is 9.64 Å². The van der Waals surface area contributed by atoms with Crippen molar-refractivity contribution in [3.63, 3.8) is 0 Å². The number of carbonyl (C=O) groups is 1. The minimum Gasteiger partial charge on any atom is -0.488 e. The van der Waals surface area contributed by atoms with Crippen LogP contribution in [0.2, 0.25) is 0 Å². The highest BCUT2D eigenvalue weighted by Crippen LogP contribution is 2.40. The van der Waals surface area contributed by atoms with Crippen molar-refractivity contribution in [3.05, 3.63) is 59.7 Å². The monoisotopic (exact) mass is 340 g/mol. The second-order valence-corrected chi connectivity index (χ2v) is 6.96. The van der Waals surface area contributed by atoms with Crippen LogP contribution in [-0.2, 0) is 0 Å². The first-order chi connectivity index (χ1) is 12.1. The van der Waals surface area contributed by atoms with Crippen LogP contribution in [-0.4, -0.2) is 35.0 Å². The molecule has 2 fully saturated rings. The van der Waals surface area contributed by atoms with E-state index in [0.29, 0.717) is 23.9 Å². The summed E-state index contributed by atoms with van der Waals surface area (Å²) >= 11 is 0. The Balaban J connectivity index is 1.45. The number of ether oxygens (including phenoxy) is 1. The molecule has 130 valence electrons. The Labute approximate surface area is 146 Å². The van der Waals surface area contributed by atoms with Crippen molar-refractivity contribution in [2.24, 2.45) is 11.8 Å². The molecular weight excluding hydrogens is 319 g/mol. The van der Waals surface area contributed by atoms with E-state index in [9.17, 15) is 9.18 Å². The Morgan fingerprint density at radius 1 is 1.20 bits per heavy atom. The van der Waals surface area contributed by atoms with Gasteiger partial charge >= 0.3 is 0 Å². The molecule has 0 spiro atoms. The number of carbonyl (C=O) groups excluding carboxylic acids is 1. The highest BCUT2D eigenvalue weighted by atomic mass is 19.1. The summed E-state index contributed by atoms with van der Waals surface area (Å²) in [6, 6.07) is 9.61. The standard InChI is InChI=1S/C20H21FN2O2/c1-13-18(3-2-10-22-13)25-19-9-6-15-11-23(12-17(15)19)20(24)14-4-7-16(21)8-5-14/h2-5,7-8,10,15,17,19H,6,9,11-12H2,1H3/t15-,17+,19-/m1/s1. The first-order valence-electron chi connectivity index (χ1n) is 8.75. The van der Waals surface area contributed by atoms with E-state index in [1.165, 1.54) is 12.1 Å². The van der Waals surface area contributed by atoms with Crippen LogP contribution >= 0.6 is 0 Å². The molecule has 0 radical (unpaired) electrons. The molecular formula is C20H21FN2O2. The van der Waals surface area contributed by atoms with E-state index in [1.807, 2.05) is 24.0 Å². The number of halogens is 1. The van der Waals surface area contributed by atoms with Gasteiger partial charge in [-0.2, -0.15) is 0 Å². The molecule has 1 aromatic heterocycles. The molecule has 2 aromatic rings. The third-order valence-corrected chi connectivity index (χ3v) is 5.41. The van der Waals surface area contributed by atoms with Crippen molar-refractivity contribution in [2.75, 3.05) is 13.1 Å². The quantitative estimate of drug-likeness (QED) is 0.859. The molecule has 3 atom stereocenters. The molecule has 4 rings (SSSR count). The number of hydrogen-bond acceptors (Lipinski definition) is 3. The molecule has 1 aromatic carbocycles. The van der Waals surface area contributed by atoms with Crippen molar-refractivity contribution >= 4 is 5.91 Å². The fourth-order valence-electron chi connectivity index (χ4n) is 4.06. The SMILES string of the molecule is Cc1ncccc1O[C@@H]1CC[C@@H]2CN(C(=O)c3ccc(F)cc3)C[C@@H]21. The lowest BCUT2D eigenvalue weighted by molar-refractivity contribution is 0.0762. The number of nitrogens with zero attached hydrogens (tertiary/aromatic N) is 2. The van der Waals surface area contributed by atoms with Gasteiger partial charge in [-0.05, 0) is 62.1 Å². The summed E-state index contributed by atoms with van der Waals surface area (Å²) in [5, 5.41) is 0. The summed E-state index contributed by atoms with van der Waals surface area (Å²) in [6.45, 7) is 3.40. The van der Waals surface area contributed by atoms with Gasteiger partial charge in [0.1, 0.15) is 17.7 Å². The Bertz CT molecular complexity index is 778. The van der Waals surface area contributed by atoms with E-state index in [2.05, 4.69) is 4.98 Å². The summed E-state index contributed by atoms with van der Waals surface area (Å²) in [7, 11) is 0. The van der Waals surface area contributed by atoms with Gasteiger partial charge in [-0.25, -0.2) is 4.39 Å². The molecule has 25 heavy (non-hydrogen) atoms. The zero-order valence-corrected chi connectivity index (χ0v) is 14.2. The fourth-order valence-corrected chi connectivity index (χ4v) is 4.06. The largest absolute Gasteiger partial charge is 0.488 e. The predicted molar refractivity (Wildman–Crippen MR) is 91.9 cm³/mol. The maximum atomic E-state index is 13.1. The van der Waals surface area contributed by atoms with Crippen molar-refractivity contribution in [1.82, 2.24) is 9.88 Å². The van der Waals surface area contributed by atoms with Crippen LogP contribution < -0.4 is 4.74 Å². The van der Waals surface area contributed by atoms with E-state index in [0.717, 1.165) is 30.8 Å². The molecule has 5 heteroatoms. The molecule has 1 aliphatic carbocycles.